The van der Waals surface area contributed by atoms with Crippen molar-refractivity contribution in [2.45, 2.75) is 52.1 Å². The number of aliphatic hydroxyl groups excluding tert-OH is 1. The van der Waals surface area contributed by atoms with Gasteiger partial charge in [0.2, 0.25) is 17.7 Å². The van der Waals surface area contributed by atoms with E-state index in [0.29, 0.717) is 37.4 Å². The minimum atomic E-state index is -0.677. The lowest BCUT2D eigenvalue weighted by Gasteiger charge is -2.30. The van der Waals surface area contributed by atoms with E-state index in [0.717, 1.165) is 27.8 Å². The number of rotatable bonds is 9. The number of hydrogen-bond acceptors (Lipinski definition) is 6. The molecule has 1 atom stereocenters. The normalized spacial score (nSPS) is 17.2. The Labute approximate surface area is 240 Å². The third kappa shape index (κ3) is 5.87. The summed E-state index contributed by atoms with van der Waals surface area (Å²) in [5.41, 5.74) is 4.24. The molecule has 5 rings (SSSR count). The summed E-state index contributed by atoms with van der Waals surface area (Å²) in [6, 6.07) is 17.4. The zero-order valence-electron chi connectivity index (χ0n) is 23.8. The summed E-state index contributed by atoms with van der Waals surface area (Å²) in [5.74, 6) is 0.157. The fourth-order valence-electron chi connectivity index (χ4n) is 5.78. The summed E-state index contributed by atoms with van der Waals surface area (Å²) in [6.07, 6.45) is 2.79. The first-order valence-corrected chi connectivity index (χ1v) is 14.0. The van der Waals surface area contributed by atoms with Crippen molar-refractivity contribution in [3.05, 3.63) is 88.6 Å². The van der Waals surface area contributed by atoms with E-state index in [1.807, 2.05) is 75.4 Å². The highest BCUT2D eigenvalue weighted by atomic mass is 16.3. The molecule has 1 aromatic heterocycles. The number of pyridine rings is 1. The average Bonchev–Trinajstić information content (AvgIpc) is 3.45. The molecule has 1 aliphatic carbocycles. The van der Waals surface area contributed by atoms with Crippen molar-refractivity contribution in [2.75, 3.05) is 30.3 Å². The second-order valence-corrected chi connectivity index (χ2v) is 11.9. The summed E-state index contributed by atoms with van der Waals surface area (Å²) >= 11 is 0. The van der Waals surface area contributed by atoms with Crippen LogP contribution in [0.3, 0.4) is 0 Å². The van der Waals surface area contributed by atoms with Crippen LogP contribution >= 0.6 is 0 Å². The molecular weight excluding hydrogens is 518 g/mol. The zero-order chi connectivity index (χ0) is 29.2. The van der Waals surface area contributed by atoms with Crippen molar-refractivity contribution in [1.29, 1.82) is 0 Å². The number of benzene rings is 2. The number of anilines is 2. The van der Waals surface area contributed by atoms with Crippen molar-refractivity contribution in [3.8, 4) is 0 Å². The number of nitrogens with one attached hydrogen (secondary N) is 3. The maximum Gasteiger partial charge on any atom is 0.244 e. The van der Waals surface area contributed by atoms with Crippen molar-refractivity contribution in [3.63, 3.8) is 0 Å². The molecule has 9 heteroatoms. The van der Waals surface area contributed by atoms with Gasteiger partial charge in [-0.05, 0) is 53.3 Å². The summed E-state index contributed by atoms with van der Waals surface area (Å²) in [5, 5.41) is 18.2. The van der Waals surface area contributed by atoms with Crippen LogP contribution in [0.4, 0.5) is 11.5 Å². The highest BCUT2D eigenvalue weighted by Gasteiger charge is 2.51. The minimum absolute atomic E-state index is 0.0400. The largest absolute Gasteiger partial charge is 0.395 e. The van der Waals surface area contributed by atoms with Crippen LogP contribution in [0.25, 0.3) is 0 Å². The van der Waals surface area contributed by atoms with Gasteiger partial charge in [0.1, 0.15) is 12.4 Å². The fraction of sp³-hybridized carbons (Fsp3) is 0.375. The van der Waals surface area contributed by atoms with Gasteiger partial charge in [-0.25, -0.2) is 4.98 Å². The van der Waals surface area contributed by atoms with Crippen LogP contribution in [-0.2, 0) is 45.7 Å². The number of fused-ring (bicyclic) bond motifs is 3. The fourth-order valence-corrected chi connectivity index (χ4v) is 5.78. The van der Waals surface area contributed by atoms with Crippen LogP contribution in [-0.4, -0.2) is 52.4 Å². The summed E-state index contributed by atoms with van der Waals surface area (Å²) in [6.45, 7) is 6.78. The molecule has 41 heavy (non-hydrogen) atoms. The smallest absolute Gasteiger partial charge is 0.244 e. The van der Waals surface area contributed by atoms with Crippen molar-refractivity contribution < 1.29 is 19.5 Å². The Morgan fingerprint density at radius 3 is 2.56 bits per heavy atom. The number of aliphatic hydroxyl groups is 1. The van der Waals surface area contributed by atoms with E-state index in [1.54, 1.807) is 11.1 Å². The van der Waals surface area contributed by atoms with Gasteiger partial charge in [0.05, 0.1) is 12.0 Å². The minimum Gasteiger partial charge on any atom is -0.395 e. The lowest BCUT2D eigenvalue weighted by molar-refractivity contribution is -0.142. The quantitative estimate of drug-likeness (QED) is 0.301. The Hall–Kier alpha value is -4.08. The van der Waals surface area contributed by atoms with E-state index in [-0.39, 0.29) is 37.4 Å². The molecule has 0 saturated heterocycles. The highest BCUT2D eigenvalue weighted by Crippen LogP contribution is 2.46. The molecule has 9 nitrogen and oxygen atoms in total. The van der Waals surface area contributed by atoms with Crippen LogP contribution < -0.4 is 16.0 Å². The molecule has 3 aromatic rings. The number of amides is 3. The second kappa shape index (κ2) is 11.4. The topological polar surface area (TPSA) is 124 Å². The lowest BCUT2D eigenvalue weighted by atomic mass is 9.79. The highest BCUT2D eigenvalue weighted by molar-refractivity contribution is 6.06. The molecule has 0 saturated carbocycles. The van der Waals surface area contributed by atoms with E-state index in [2.05, 4.69) is 20.9 Å². The van der Waals surface area contributed by atoms with E-state index in [9.17, 15) is 14.4 Å². The molecule has 4 N–H and O–H groups in total. The van der Waals surface area contributed by atoms with Gasteiger partial charge < -0.3 is 26.0 Å². The maximum atomic E-state index is 13.4. The van der Waals surface area contributed by atoms with Crippen LogP contribution in [0.15, 0.2) is 60.8 Å². The first-order chi connectivity index (χ1) is 19.6. The molecule has 1 aliphatic heterocycles. The molecule has 0 radical (unpaired) electrons. The monoisotopic (exact) mass is 555 g/mol. The molecule has 1 unspecified atom stereocenters. The molecule has 0 fully saturated rings. The third-order valence-corrected chi connectivity index (χ3v) is 7.81. The molecule has 2 heterocycles. The Bertz CT molecular complexity index is 1480. The SMILES string of the molecule is CC(C)(C)C(=O)N(CC(=O)Nc1ccc2c(c1)CC1(C2)C(=O)Nc2ncccc21)Cc1ccccc1CNCCO. The van der Waals surface area contributed by atoms with Gasteiger partial charge in [-0.15, -0.1) is 0 Å². The number of carbonyl (C=O) groups excluding carboxylic acids is 3. The molecular formula is C32H37N5O4. The number of nitrogens with zero attached hydrogens (tertiary/aromatic N) is 2. The van der Waals surface area contributed by atoms with Crippen LogP contribution in [0.1, 0.15) is 48.6 Å². The van der Waals surface area contributed by atoms with E-state index in [1.165, 1.54) is 0 Å². The van der Waals surface area contributed by atoms with Gasteiger partial charge in [-0.2, -0.15) is 0 Å². The Kier molecular flexibility index (Phi) is 7.93. The zero-order valence-corrected chi connectivity index (χ0v) is 23.8. The first-order valence-electron chi connectivity index (χ1n) is 14.0. The van der Waals surface area contributed by atoms with Crippen LogP contribution in [0.2, 0.25) is 0 Å². The number of carbonyl (C=O) groups is 3. The van der Waals surface area contributed by atoms with Crippen molar-refractivity contribution in [2.24, 2.45) is 5.41 Å². The second-order valence-electron chi connectivity index (χ2n) is 11.9. The molecule has 1 spiro atoms. The number of aromatic nitrogens is 1. The molecule has 0 bridgehead atoms. The Balaban J connectivity index is 1.31. The van der Waals surface area contributed by atoms with Crippen LogP contribution in [0.5, 0.6) is 0 Å². The van der Waals surface area contributed by atoms with E-state index >= 15 is 0 Å². The lowest BCUT2D eigenvalue weighted by Crippen LogP contribution is -2.43. The van der Waals surface area contributed by atoms with Gasteiger partial charge in [0.15, 0.2) is 0 Å². The van der Waals surface area contributed by atoms with Crippen molar-refractivity contribution >= 4 is 29.2 Å². The standard InChI is InChI=1S/C32H37N5O4/c1-31(2,3)30(41)37(19-23-8-5-4-7-22(23)18-33-13-14-38)20-27(39)35-25-11-10-21-16-32(17-24(21)15-25)26-9-6-12-34-28(26)36-29(32)40/h4-12,15,33,38H,13-14,16-20H2,1-3H3,(H,35,39)(H,34,36,40). The summed E-state index contributed by atoms with van der Waals surface area (Å²) in [4.78, 5) is 45.6. The molecule has 3 amide bonds. The first kappa shape index (κ1) is 28.4. The predicted octanol–water partition coefficient (Wildman–Crippen LogP) is 3.17. The van der Waals surface area contributed by atoms with Gasteiger partial charge >= 0.3 is 0 Å². The summed E-state index contributed by atoms with van der Waals surface area (Å²) < 4.78 is 0. The molecule has 2 aromatic carbocycles. The molecule has 2 aliphatic rings. The Morgan fingerprint density at radius 2 is 1.80 bits per heavy atom. The van der Waals surface area contributed by atoms with E-state index in [4.69, 9.17) is 5.11 Å². The van der Waals surface area contributed by atoms with E-state index < -0.39 is 10.8 Å². The van der Waals surface area contributed by atoms with Crippen molar-refractivity contribution in [1.82, 2.24) is 15.2 Å². The van der Waals surface area contributed by atoms with Crippen LogP contribution in [0, 0.1) is 5.41 Å². The predicted molar refractivity (Wildman–Crippen MR) is 157 cm³/mol. The summed E-state index contributed by atoms with van der Waals surface area (Å²) in [7, 11) is 0. The van der Waals surface area contributed by atoms with Gasteiger partial charge in [-0.3, -0.25) is 14.4 Å². The van der Waals surface area contributed by atoms with Gasteiger partial charge in [-0.1, -0.05) is 57.2 Å². The van der Waals surface area contributed by atoms with Gasteiger partial charge in [0.25, 0.3) is 0 Å². The third-order valence-electron chi connectivity index (χ3n) is 7.81. The average molecular weight is 556 g/mol. The van der Waals surface area contributed by atoms with Gasteiger partial charge in [0, 0.05) is 42.5 Å². The Morgan fingerprint density at radius 1 is 1.05 bits per heavy atom. The maximum absolute atomic E-state index is 13.4. The molecule has 214 valence electrons. The number of hydrogen-bond donors (Lipinski definition) is 4.